The second kappa shape index (κ2) is 5.75. The lowest BCUT2D eigenvalue weighted by Gasteiger charge is -2.40. The van der Waals surface area contributed by atoms with Gasteiger partial charge in [-0.1, -0.05) is 6.92 Å². The van der Waals surface area contributed by atoms with Gasteiger partial charge in [0.2, 0.25) is 0 Å². The van der Waals surface area contributed by atoms with Crippen molar-refractivity contribution in [3.8, 4) is 0 Å². The number of hydrogen-bond acceptors (Lipinski definition) is 4. The van der Waals surface area contributed by atoms with Crippen molar-refractivity contribution in [3.63, 3.8) is 0 Å². The van der Waals surface area contributed by atoms with E-state index < -0.39 is 0 Å². The SMILES string of the molecule is CCCN1CCCC(CN)C1c1cscn1. The maximum absolute atomic E-state index is 5.91. The van der Waals surface area contributed by atoms with Crippen LogP contribution in [0.3, 0.4) is 0 Å². The molecule has 1 aliphatic rings. The van der Waals surface area contributed by atoms with Crippen molar-refractivity contribution in [2.45, 2.75) is 32.2 Å². The summed E-state index contributed by atoms with van der Waals surface area (Å²) < 4.78 is 0. The summed E-state index contributed by atoms with van der Waals surface area (Å²) in [5.74, 6) is 0.586. The fourth-order valence-corrected chi connectivity index (χ4v) is 3.32. The molecule has 0 amide bonds. The monoisotopic (exact) mass is 239 g/mol. The van der Waals surface area contributed by atoms with Crippen molar-refractivity contribution >= 4 is 11.3 Å². The Morgan fingerprint density at radius 2 is 2.50 bits per heavy atom. The van der Waals surface area contributed by atoms with Gasteiger partial charge in [-0.3, -0.25) is 4.90 Å². The second-order valence-electron chi connectivity index (χ2n) is 4.53. The zero-order valence-corrected chi connectivity index (χ0v) is 10.7. The van der Waals surface area contributed by atoms with Gasteiger partial charge in [0.15, 0.2) is 0 Å². The standard InChI is InChI=1S/C12H21N3S/c1-2-5-15-6-3-4-10(7-13)12(15)11-8-16-9-14-11/h8-10,12H,2-7,13H2,1H3. The van der Waals surface area contributed by atoms with Crippen molar-refractivity contribution in [1.82, 2.24) is 9.88 Å². The highest BCUT2D eigenvalue weighted by Crippen LogP contribution is 2.35. The summed E-state index contributed by atoms with van der Waals surface area (Å²) >= 11 is 1.69. The Labute approximate surface area is 102 Å². The van der Waals surface area contributed by atoms with E-state index in [9.17, 15) is 0 Å². The molecule has 1 aliphatic heterocycles. The molecule has 1 fully saturated rings. The molecule has 0 radical (unpaired) electrons. The lowest BCUT2D eigenvalue weighted by molar-refractivity contribution is 0.0935. The topological polar surface area (TPSA) is 42.1 Å². The van der Waals surface area contributed by atoms with Crippen molar-refractivity contribution in [2.75, 3.05) is 19.6 Å². The number of piperidine rings is 1. The van der Waals surface area contributed by atoms with Crippen LogP contribution in [0.1, 0.15) is 37.9 Å². The molecule has 0 aliphatic carbocycles. The van der Waals surface area contributed by atoms with Gasteiger partial charge in [0.25, 0.3) is 0 Å². The Balaban J connectivity index is 2.17. The molecule has 0 bridgehead atoms. The molecule has 0 spiro atoms. The van der Waals surface area contributed by atoms with Crippen LogP contribution in [0.4, 0.5) is 0 Å². The fraction of sp³-hybridized carbons (Fsp3) is 0.750. The van der Waals surface area contributed by atoms with Crippen LogP contribution in [0, 0.1) is 5.92 Å². The van der Waals surface area contributed by atoms with Crippen LogP contribution in [-0.4, -0.2) is 29.5 Å². The molecule has 4 heteroatoms. The maximum atomic E-state index is 5.91. The predicted molar refractivity (Wildman–Crippen MR) is 68.5 cm³/mol. The number of hydrogen-bond donors (Lipinski definition) is 1. The Kier molecular flexibility index (Phi) is 4.32. The van der Waals surface area contributed by atoms with Crippen LogP contribution in [-0.2, 0) is 0 Å². The van der Waals surface area contributed by atoms with Crippen LogP contribution < -0.4 is 5.73 Å². The molecule has 2 N–H and O–H groups in total. The second-order valence-corrected chi connectivity index (χ2v) is 5.25. The van der Waals surface area contributed by atoms with E-state index >= 15 is 0 Å². The smallest absolute Gasteiger partial charge is 0.0795 e. The van der Waals surface area contributed by atoms with Crippen molar-refractivity contribution in [3.05, 3.63) is 16.6 Å². The van der Waals surface area contributed by atoms with Crippen molar-refractivity contribution in [2.24, 2.45) is 11.7 Å². The summed E-state index contributed by atoms with van der Waals surface area (Å²) in [6.07, 6.45) is 3.74. The summed E-state index contributed by atoms with van der Waals surface area (Å²) in [6.45, 7) is 5.39. The first-order valence-electron chi connectivity index (χ1n) is 6.19. The Hall–Kier alpha value is -0.450. The zero-order valence-electron chi connectivity index (χ0n) is 9.93. The lowest BCUT2D eigenvalue weighted by Crippen LogP contribution is -2.42. The Morgan fingerprint density at radius 1 is 1.62 bits per heavy atom. The van der Waals surface area contributed by atoms with Gasteiger partial charge in [-0.05, 0) is 44.8 Å². The molecule has 90 valence electrons. The number of nitrogens with two attached hydrogens (primary N) is 1. The third-order valence-electron chi connectivity index (χ3n) is 3.43. The van der Waals surface area contributed by atoms with Crippen LogP contribution >= 0.6 is 11.3 Å². The van der Waals surface area contributed by atoms with Gasteiger partial charge in [0, 0.05) is 5.38 Å². The highest BCUT2D eigenvalue weighted by molar-refractivity contribution is 7.07. The number of rotatable bonds is 4. The van der Waals surface area contributed by atoms with E-state index in [0.717, 1.165) is 6.54 Å². The number of thiazole rings is 1. The van der Waals surface area contributed by atoms with E-state index in [1.54, 1.807) is 11.3 Å². The molecule has 2 heterocycles. The van der Waals surface area contributed by atoms with E-state index in [-0.39, 0.29) is 0 Å². The molecule has 0 aromatic carbocycles. The van der Waals surface area contributed by atoms with Gasteiger partial charge in [-0.15, -0.1) is 11.3 Å². The van der Waals surface area contributed by atoms with Gasteiger partial charge >= 0.3 is 0 Å². The average Bonchev–Trinajstić information content (AvgIpc) is 2.82. The molecule has 1 aromatic rings. The average molecular weight is 239 g/mol. The van der Waals surface area contributed by atoms with Crippen molar-refractivity contribution < 1.29 is 0 Å². The van der Waals surface area contributed by atoms with E-state index in [0.29, 0.717) is 12.0 Å². The van der Waals surface area contributed by atoms with E-state index in [4.69, 9.17) is 5.73 Å². The molecule has 3 nitrogen and oxygen atoms in total. The molecule has 1 aromatic heterocycles. The van der Waals surface area contributed by atoms with Gasteiger partial charge in [-0.25, -0.2) is 4.98 Å². The van der Waals surface area contributed by atoms with E-state index in [1.807, 2.05) is 5.51 Å². The van der Waals surface area contributed by atoms with E-state index in [2.05, 4.69) is 22.2 Å². The Morgan fingerprint density at radius 3 is 3.12 bits per heavy atom. The van der Waals surface area contributed by atoms with Gasteiger partial charge in [0.1, 0.15) is 0 Å². The van der Waals surface area contributed by atoms with Gasteiger partial charge in [-0.2, -0.15) is 0 Å². The minimum absolute atomic E-state index is 0.463. The number of likely N-dealkylation sites (tertiary alicyclic amines) is 1. The fourth-order valence-electron chi connectivity index (χ4n) is 2.73. The molecule has 0 saturated carbocycles. The summed E-state index contributed by atoms with van der Waals surface area (Å²) in [5, 5.41) is 2.18. The molecule has 2 unspecified atom stereocenters. The first-order chi connectivity index (χ1) is 7.86. The molecule has 16 heavy (non-hydrogen) atoms. The minimum atomic E-state index is 0.463. The third-order valence-corrected chi connectivity index (χ3v) is 4.03. The van der Waals surface area contributed by atoms with Gasteiger partial charge < -0.3 is 5.73 Å². The molecule has 2 rings (SSSR count). The maximum Gasteiger partial charge on any atom is 0.0795 e. The third kappa shape index (κ3) is 2.44. The number of nitrogens with zero attached hydrogens (tertiary/aromatic N) is 2. The van der Waals surface area contributed by atoms with Crippen molar-refractivity contribution in [1.29, 1.82) is 0 Å². The van der Waals surface area contributed by atoms with Gasteiger partial charge in [0.05, 0.1) is 17.2 Å². The summed E-state index contributed by atoms with van der Waals surface area (Å²) in [4.78, 5) is 7.06. The first kappa shape index (κ1) is 12.0. The highest BCUT2D eigenvalue weighted by Gasteiger charge is 2.32. The number of aromatic nitrogens is 1. The summed E-state index contributed by atoms with van der Waals surface area (Å²) in [6, 6.07) is 0.463. The molecular formula is C12H21N3S. The lowest BCUT2D eigenvalue weighted by atomic mass is 9.87. The molecule has 2 atom stereocenters. The normalized spacial score (nSPS) is 27.1. The van der Waals surface area contributed by atoms with Crippen LogP contribution in [0.5, 0.6) is 0 Å². The van der Waals surface area contributed by atoms with Crippen LogP contribution in [0.15, 0.2) is 10.9 Å². The first-order valence-corrected chi connectivity index (χ1v) is 7.13. The Bertz CT molecular complexity index is 297. The molecule has 1 saturated heterocycles. The quantitative estimate of drug-likeness (QED) is 0.876. The van der Waals surface area contributed by atoms with E-state index in [1.165, 1.54) is 38.0 Å². The highest BCUT2D eigenvalue weighted by atomic mass is 32.1. The molecular weight excluding hydrogens is 218 g/mol. The van der Waals surface area contributed by atoms with Crippen LogP contribution in [0.25, 0.3) is 0 Å². The predicted octanol–water partition coefficient (Wildman–Crippen LogP) is 2.26. The van der Waals surface area contributed by atoms with Crippen LogP contribution in [0.2, 0.25) is 0 Å². The summed E-state index contributed by atoms with van der Waals surface area (Å²) in [5.41, 5.74) is 9.07. The zero-order chi connectivity index (χ0) is 11.4. The minimum Gasteiger partial charge on any atom is -0.330 e. The largest absolute Gasteiger partial charge is 0.330 e. The summed E-state index contributed by atoms with van der Waals surface area (Å²) in [7, 11) is 0.